The van der Waals surface area contributed by atoms with Crippen molar-refractivity contribution in [2.24, 2.45) is 17.3 Å². The number of nitrogens with zero attached hydrogens (tertiary/aromatic N) is 3. The molecule has 1 saturated carbocycles. The SMILES string of the molecule is CC[C@]12C=CCN3CC[C@@]4(c5cc([C@@]6(C(=O)OC)C[C@H]7CC(C(C)(F)F)CN(CCc8c6[nH]c6ccc(C(C)=O)cc86)C7)c(OC)cc5N(C)[C@H]4[C@@](O)(C(=O)OC)[C@@H]1OC(C)=O)[C@@H]32. The van der Waals surface area contributed by atoms with Gasteiger partial charge in [-0.2, -0.15) is 0 Å². The van der Waals surface area contributed by atoms with Crippen LogP contribution in [0.15, 0.2) is 42.5 Å². The summed E-state index contributed by atoms with van der Waals surface area (Å²) in [5.74, 6) is -6.34. The van der Waals surface area contributed by atoms with Crippen LogP contribution in [0.1, 0.15) is 86.1 Å². The predicted octanol–water partition coefficient (Wildman–Crippen LogP) is 5.32. The summed E-state index contributed by atoms with van der Waals surface area (Å²) in [6.45, 7) is 7.99. The number of likely N-dealkylation sites (N-methyl/N-ethyl adjacent to an activating group) is 1. The maximum atomic E-state index is 15.4. The lowest BCUT2D eigenvalue weighted by Crippen LogP contribution is -2.81. The molecule has 6 aliphatic rings. The van der Waals surface area contributed by atoms with Gasteiger partial charge in [-0.05, 0) is 93.8 Å². The van der Waals surface area contributed by atoms with Crippen LogP contribution in [0.4, 0.5) is 14.5 Å². The number of fused-ring (bicyclic) bond motifs is 6. The maximum Gasteiger partial charge on any atom is 0.344 e. The number of esters is 3. The normalized spacial score (nSPS) is 34.4. The van der Waals surface area contributed by atoms with E-state index in [-0.39, 0.29) is 25.2 Å². The average molecular weight is 873 g/mol. The number of halogens is 2. The van der Waals surface area contributed by atoms with E-state index >= 15 is 13.6 Å². The summed E-state index contributed by atoms with van der Waals surface area (Å²) in [6.07, 6.45) is 4.19. The van der Waals surface area contributed by atoms with Crippen LogP contribution in [0.3, 0.4) is 0 Å². The Morgan fingerprint density at radius 1 is 0.984 bits per heavy atom. The van der Waals surface area contributed by atoms with E-state index in [2.05, 4.69) is 14.8 Å². The van der Waals surface area contributed by atoms with Crippen LogP contribution in [0, 0.1) is 17.3 Å². The van der Waals surface area contributed by atoms with E-state index in [9.17, 15) is 19.5 Å². The number of hydrogen-bond acceptors (Lipinski definition) is 12. The lowest BCUT2D eigenvalue weighted by Gasteiger charge is -2.63. The number of ketones is 1. The zero-order chi connectivity index (χ0) is 45.2. The Kier molecular flexibility index (Phi) is 10.2. The number of ether oxygens (including phenoxy) is 4. The fraction of sp³-hybridized carbons (Fsp3) is 0.583. The molecule has 2 aromatic carbocycles. The number of benzene rings is 2. The van der Waals surface area contributed by atoms with Gasteiger partial charge in [0.1, 0.15) is 11.2 Å². The van der Waals surface area contributed by atoms with Crippen LogP contribution in [0.25, 0.3) is 10.9 Å². The third kappa shape index (κ3) is 5.86. The summed E-state index contributed by atoms with van der Waals surface area (Å²) in [6, 6.07) is 7.83. The summed E-state index contributed by atoms with van der Waals surface area (Å²) >= 11 is 0. The number of anilines is 1. The molecule has 0 amide bonds. The maximum absolute atomic E-state index is 15.4. The largest absolute Gasteiger partial charge is 0.496 e. The van der Waals surface area contributed by atoms with E-state index in [1.807, 2.05) is 48.2 Å². The van der Waals surface area contributed by atoms with Gasteiger partial charge in [0.15, 0.2) is 11.9 Å². The van der Waals surface area contributed by atoms with E-state index in [0.29, 0.717) is 79.2 Å². The molecule has 13 nitrogen and oxygen atoms in total. The number of carbonyl (C=O) groups is 4. The Balaban J connectivity index is 1.37. The van der Waals surface area contributed by atoms with Gasteiger partial charge in [0.25, 0.3) is 0 Å². The van der Waals surface area contributed by atoms with Gasteiger partial charge in [0.05, 0.1) is 27.4 Å². The fourth-order valence-electron chi connectivity index (χ4n) is 13.7. The van der Waals surface area contributed by atoms with Crippen LogP contribution >= 0.6 is 0 Å². The first-order chi connectivity index (χ1) is 29.9. The van der Waals surface area contributed by atoms with Gasteiger partial charge in [-0.1, -0.05) is 19.1 Å². The molecule has 10 atom stereocenters. The van der Waals surface area contributed by atoms with Crippen molar-refractivity contribution in [1.82, 2.24) is 14.8 Å². The van der Waals surface area contributed by atoms with Gasteiger partial charge in [0, 0.05) is 102 Å². The number of methoxy groups -OCH3 is 3. The summed E-state index contributed by atoms with van der Waals surface area (Å²) < 4.78 is 54.7. The molecule has 3 aromatic rings. The summed E-state index contributed by atoms with van der Waals surface area (Å²) in [4.78, 5) is 65.6. The summed E-state index contributed by atoms with van der Waals surface area (Å²) in [5.41, 5.74) is -1.75. The molecular formula is C48H58F2N4O9. The van der Waals surface area contributed by atoms with Crippen LogP contribution in [0.5, 0.6) is 5.75 Å². The standard InChI is InChI=1S/C48H58F2N4O9/c1-9-45-14-10-16-54-18-15-46(39(45)54)33-21-34(37(60-6)22-36(33)52(5)40(46)48(59,43(58)62-8)41(45)63-27(3)56)47(42(57)61-7)23-28-19-30(44(4,49)50)25-53(24-28)17-13-31-32-20-29(26(2)55)11-12-35(32)51-38(31)47/h10-12,14,20-22,28,30,39-41,51,59H,9,13,15-19,23-25H2,1-8H3/t28-,30?,39+,40-,41-,45-,46-,47+,48+/m1/s1. The van der Waals surface area contributed by atoms with Gasteiger partial charge in [0.2, 0.25) is 11.5 Å². The second-order valence-corrected chi connectivity index (χ2v) is 19.1. The second-order valence-electron chi connectivity index (χ2n) is 19.1. The molecule has 2 unspecified atom stereocenters. The molecule has 338 valence electrons. The number of alkyl halides is 2. The van der Waals surface area contributed by atoms with E-state index in [4.69, 9.17) is 18.9 Å². The number of H-pyrrole nitrogens is 1. The van der Waals surface area contributed by atoms with Crippen molar-refractivity contribution < 1.29 is 52.0 Å². The lowest BCUT2D eigenvalue weighted by molar-refractivity contribution is -0.228. The highest BCUT2D eigenvalue weighted by atomic mass is 19.3. The van der Waals surface area contributed by atoms with E-state index in [1.165, 1.54) is 35.2 Å². The second kappa shape index (κ2) is 14.8. The molecule has 3 fully saturated rings. The first-order valence-electron chi connectivity index (χ1n) is 22.1. The highest BCUT2D eigenvalue weighted by Crippen LogP contribution is 2.68. The minimum absolute atomic E-state index is 0.0847. The van der Waals surface area contributed by atoms with E-state index in [1.54, 1.807) is 13.1 Å². The molecule has 0 radical (unpaired) electrons. The number of piperidine rings is 1. The zero-order valence-corrected chi connectivity index (χ0v) is 37.3. The van der Waals surface area contributed by atoms with Crippen LogP contribution < -0.4 is 9.64 Å². The Hall–Kier alpha value is -4.86. The number of aromatic amines is 1. The molecule has 63 heavy (non-hydrogen) atoms. The number of rotatable bonds is 8. The number of hydrogen-bond donors (Lipinski definition) is 2. The molecule has 1 aromatic heterocycles. The molecule has 1 spiro atoms. The van der Waals surface area contributed by atoms with Crippen molar-refractivity contribution in [2.75, 3.05) is 66.0 Å². The highest BCUT2D eigenvalue weighted by Gasteiger charge is 2.80. The third-order valence-corrected chi connectivity index (χ3v) is 16.1. The van der Waals surface area contributed by atoms with Gasteiger partial charge in [-0.3, -0.25) is 19.3 Å². The third-order valence-electron chi connectivity index (χ3n) is 16.1. The Morgan fingerprint density at radius 2 is 1.73 bits per heavy atom. The lowest BCUT2D eigenvalue weighted by atomic mass is 9.47. The van der Waals surface area contributed by atoms with Crippen LogP contribution in [-0.2, 0) is 45.8 Å². The molecule has 5 aliphatic heterocycles. The monoisotopic (exact) mass is 872 g/mol. The molecule has 2 saturated heterocycles. The quantitative estimate of drug-likeness (QED) is 0.131. The topological polar surface area (TPSA) is 151 Å². The van der Waals surface area contributed by atoms with Crippen LogP contribution in [-0.4, -0.2) is 134 Å². The molecule has 2 N–H and O–H groups in total. The molecule has 2 bridgehead atoms. The van der Waals surface area contributed by atoms with Crippen molar-refractivity contribution in [3.8, 4) is 5.75 Å². The molecule has 1 aliphatic carbocycles. The number of nitrogens with one attached hydrogen (secondary N) is 1. The van der Waals surface area contributed by atoms with Gasteiger partial charge < -0.3 is 38.8 Å². The predicted molar refractivity (Wildman–Crippen MR) is 229 cm³/mol. The average Bonchev–Trinajstić information content (AvgIpc) is 3.92. The summed E-state index contributed by atoms with van der Waals surface area (Å²) in [5, 5.41) is 14.1. The van der Waals surface area contributed by atoms with Gasteiger partial charge >= 0.3 is 17.9 Å². The van der Waals surface area contributed by atoms with E-state index < -0.39 is 75.7 Å². The van der Waals surface area contributed by atoms with Crippen molar-refractivity contribution in [2.45, 2.75) is 100 Å². The van der Waals surface area contributed by atoms with Crippen LogP contribution in [0.2, 0.25) is 0 Å². The minimum Gasteiger partial charge on any atom is -0.496 e. The van der Waals surface area contributed by atoms with Crippen molar-refractivity contribution in [3.05, 3.63) is 70.4 Å². The Bertz CT molecular complexity index is 2450. The Morgan fingerprint density at radius 3 is 2.38 bits per heavy atom. The zero-order valence-electron chi connectivity index (χ0n) is 37.3. The molecule has 6 heterocycles. The fourth-order valence-corrected chi connectivity index (χ4v) is 13.7. The molecule has 9 rings (SSSR count). The molecular weight excluding hydrogens is 815 g/mol. The number of aliphatic hydroxyl groups is 1. The first kappa shape index (κ1) is 43.4. The number of aromatic nitrogens is 1. The van der Waals surface area contributed by atoms with Crippen molar-refractivity contribution >= 4 is 40.3 Å². The minimum atomic E-state index is -2.98. The van der Waals surface area contributed by atoms with Crippen molar-refractivity contribution in [1.29, 1.82) is 0 Å². The van der Waals surface area contributed by atoms with Gasteiger partial charge in [-0.15, -0.1) is 0 Å². The van der Waals surface area contributed by atoms with E-state index in [0.717, 1.165) is 23.4 Å². The highest BCUT2D eigenvalue weighted by molar-refractivity contribution is 6.00. The number of carbonyl (C=O) groups excluding carboxylic acids is 4. The Labute approximate surface area is 366 Å². The molecule has 15 heteroatoms. The van der Waals surface area contributed by atoms with Gasteiger partial charge in [-0.25, -0.2) is 13.6 Å². The number of Topliss-reactive ketones (excluding diaryl/α,β-unsaturated/α-hetero) is 1. The van der Waals surface area contributed by atoms with Crippen molar-refractivity contribution in [3.63, 3.8) is 0 Å². The first-order valence-corrected chi connectivity index (χ1v) is 22.1. The smallest absolute Gasteiger partial charge is 0.344 e. The summed E-state index contributed by atoms with van der Waals surface area (Å²) in [7, 11) is 5.86.